The Morgan fingerprint density at radius 2 is 2.17 bits per heavy atom. The van der Waals surface area contributed by atoms with Gasteiger partial charge in [0, 0.05) is 44.1 Å². The van der Waals surface area contributed by atoms with Crippen LogP contribution in [-0.4, -0.2) is 34.5 Å². The van der Waals surface area contributed by atoms with Gasteiger partial charge in [-0.25, -0.2) is 0 Å². The van der Waals surface area contributed by atoms with Crippen LogP contribution in [0.2, 0.25) is 0 Å². The van der Waals surface area contributed by atoms with E-state index in [0.717, 1.165) is 38.4 Å². The summed E-state index contributed by atoms with van der Waals surface area (Å²) in [6.07, 6.45) is 6.65. The molecule has 4 rings (SSSR count). The van der Waals surface area contributed by atoms with Gasteiger partial charge < -0.3 is 15.0 Å². The molecular formula is C18H18N2O3S. The molecule has 0 saturated heterocycles. The number of aromatic amines is 1. The summed E-state index contributed by atoms with van der Waals surface area (Å²) in [4.78, 5) is 16.6. The fourth-order valence-electron chi connectivity index (χ4n) is 3.44. The first-order chi connectivity index (χ1) is 11.6. The van der Waals surface area contributed by atoms with Gasteiger partial charge in [-0.15, -0.1) is 0 Å². The van der Waals surface area contributed by atoms with Crippen LogP contribution < -0.4 is 5.32 Å². The smallest absolute Gasteiger partial charge is 0.225 e. The predicted octanol–water partition coefficient (Wildman–Crippen LogP) is 2.26. The molecule has 5 nitrogen and oxygen atoms in total. The topological polar surface area (TPSA) is 71.2 Å². The van der Waals surface area contributed by atoms with Gasteiger partial charge in [-0.3, -0.25) is 9.00 Å². The van der Waals surface area contributed by atoms with Crippen molar-refractivity contribution in [3.8, 4) is 0 Å². The Hall–Kier alpha value is -2.34. The van der Waals surface area contributed by atoms with Gasteiger partial charge in [-0.05, 0) is 42.3 Å². The quantitative estimate of drug-likeness (QED) is 0.879. The molecule has 2 aromatic rings. The lowest BCUT2D eigenvalue weighted by Gasteiger charge is -2.22. The van der Waals surface area contributed by atoms with E-state index in [4.69, 9.17) is 4.74 Å². The summed E-state index contributed by atoms with van der Waals surface area (Å²) in [5, 5.41) is 4.03. The molecule has 2 unspecified atom stereocenters. The van der Waals surface area contributed by atoms with Crippen molar-refractivity contribution in [1.29, 1.82) is 0 Å². The van der Waals surface area contributed by atoms with Crippen molar-refractivity contribution >= 4 is 33.2 Å². The van der Waals surface area contributed by atoms with Crippen LogP contribution in [0.15, 0.2) is 41.0 Å². The van der Waals surface area contributed by atoms with Gasteiger partial charge in [-0.1, -0.05) is 0 Å². The van der Waals surface area contributed by atoms with Crippen molar-refractivity contribution in [2.45, 2.75) is 23.8 Å². The summed E-state index contributed by atoms with van der Waals surface area (Å²) in [6, 6.07) is 5.67. The van der Waals surface area contributed by atoms with Gasteiger partial charge in [0.15, 0.2) is 0 Å². The minimum Gasteiger partial charge on any atom is -0.497 e. The number of ether oxygens (including phenoxy) is 1. The normalized spacial score (nSPS) is 21.1. The van der Waals surface area contributed by atoms with Crippen molar-refractivity contribution < 1.29 is 13.7 Å². The Kier molecular flexibility index (Phi) is 3.57. The van der Waals surface area contributed by atoms with Crippen molar-refractivity contribution in [3.05, 3.63) is 47.4 Å². The molecule has 2 N–H and O–H groups in total. The number of amides is 1. The zero-order chi connectivity index (χ0) is 16.8. The molecule has 1 aromatic carbocycles. The molecule has 2 heterocycles. The average molecular weight is 342 g/mol. The SMILES string of the molecule is COC1=CCC2NC(=O)Cc3c([nH]c4ccc(S(C)=O)cc34)C2=C1. The van der Waals surface area contributed by atoms with Crippen LogP contribution in [0.5, 0.6) is 0 Å². The number of allylic oxidation sites excluding steroid dienone is 1. The molecule has 0 saturated carbocycles. The summed E-state index contributed by atoms with van der Waals surface area (Å²) in [5.41, 5.74) is 3.92. The number of H-pyrrole nitrogens is 1. The zero-order valence-corrected chi connectivity index (χ0v) is 14.3. The third-order valence-electron chi connectivity index (χ3n) is 4.63. The van der Waals surface area contributed by atoms with Gasteiger partial charge in [0.1, 0.15) is 5.76 Å². The number of carbonyl (C=O) groups excluding carboxylic acids is 1. The lowest BCUT2D eigenvalue weighted by Crippen LogP contribution is -2.35. The number of rotatable bonds is 2. The summed E-state index contributed by atoms with van der Waals surface area (Å²) in [6.45, 7) is 0. The summed E-state index contributed by atoms with van der Waals surface area (Å²) < 4.78 is 17.2. The maximum absolute atomic E-state index is 12.3. The van der Waals surface area contributed by atoms with E-state index in [-0.39, 0.29) is 11.9 Å². The molecule has 2 aliphatic rings. The molecule has 1 aliphatic heterocycles. The third kappa shape index (κ3) is 2.38. The third-order valence-corrected chi connectivity index (χ3v) is 5.55. The van der Waals surface area contributed by atoms with Crippen LogP contribution in [0.1, 0.15) is 17.7 Å². The van der Waals surface area contributed by atoms with Crippen LogP contribution in [0.25, 0.3) is 16.5 Å². The van der Waals surface area contributed by atoms with Gasteiger partial charge in [0.05, 0.1) is 19.6 Å². The second-order valence-corrected chi connectivity index (χ2v) is 7.46. The Bertz CT molecular complexity index is 939. The van der Waals surface area contributed by atoms with Crippen molar-refractivity contribution in [2.24, 2.45) is 0 Å². The molecule has 0 spiro atoms. The molecule has 6 heteroatoms. The van der Waals surface area contributed by atoms with Crippen molar-refractivity contribution in [1.82, 2.24) is 10.3 Å². The van der Waals surface area contributed by atoms with E-state index in [9.17, 15) is 9.00 Å². The number of hydrogen-bond donors (Lipinski definition) is 2. The number of hydrogen-bond acceptors (Lipinski definition) is 3. The molecule has 24 heavy (non-hydrogen) atoms. The van der Waals surface area contributed by atoms with Crippen LogP contribution in [-0.2, 0) is 26.8 Å². The van der Waals surface area contributed by atoms with Crippen molar-refractivity contribution in [3.63, 3.8) is 0 Å². The van der Waals surface area contributed by atoms with E-state index in [1.807, 2.05) is 30.4 Å². The van der Waals surface area contributed by atoms with Gasteiger partial charge in [-0.2, -0.15) is 0 Å². The number of methoxy groups -OCH3 is 1. The Morgan fingerprint density at radius 1 is 1.33 bits per heavy atom. The summed E-state index contributed by atoms with van der Waals surface area (Å²) >= 11 is 0. The first kappa shape index (κ1) is 15.2. The first-order valence-electron chi connectivity index (χ1n) is 7.80. The summed E-state index contributed by atoms with van der Waals surface area (Å²) in [7, 11) is 0.590. The molecule has 0 fully saturated rings. The Balaban J connectivity index is 1.96. The number of fused-ring (bicyclic) bond motifs is 5. The fourth-order valence-corrected chi connectivity index (χ4v) is 3.98. The van der Waals surface area contributed by atoms with Crippen molar-refractivity contribution in [2.75, 3.05) is 13.4 Å². The number of aromatic nitrogens is 1. The van der Waals surface area contributed by atoms with Crippen LogP contribution >= 0.6 is 0 Å². The number of benzene rings is 1. The summed E-state index contributed by atoms with van der Waals surface area (Å²) in [5.74, 6) is 0.806. The molecular weight excluding hydrogens is 324 g/mol. The van der Waals surface area contributed by atoms with E-state index in [1.54, 1.807) is 13.4 Å². The Morgan fingerprint density at radius 3 is 2.92 bits per heavy atom. The second kappa shape index (κ2) is 5.63. The number of carbonyl (C=O) groups is 1. The molecule has 0 bridgehead atoms. The van der Waals surface area contributed by atoms with E-state index in [2.05, 4.69) is 10.3 Å². The highest BCUT2D eigenvalue weighted by molar-refractivity contribution is 7.84. The van der Waals surface area contributed by atoms with E-state index in [0.29, 0.717) is 12.8 Å². The highest BCUT2D eigenvalue weighted by atomic mass is 32.2. The van der Waals surface area contributed by atoms with Crippen LogP contribution in [0.4, 0.5) is 0 Å². The highest BCUT2D eigenvalue weighted by Gasteiger charge is 2.30. The standard InChI is InChI=1S/C18H18N2O3S/c1-23-10-3-5-16-14(7-10)18-13(9-17(21)19-16)12-8-11(24(2)22)4-6-15(12)20-18/h3-4,6-8,16,20H,5,9H2,1-2H3,(H,19,21). The molecule has 1 amide bonds. The van der Waals surface area contributed by atoms with Gasteiger partial charge >= 0.3 is 0 Å². The molecule has 1 aliphatic carbocycles. The zero-order valence-electron chi connectivity index (χ0n) is 13.5. The lowest BCUT2D eigenvalue weighted by molar-refractivity contribution is -0.120. The molecule has 0 radical (unpaired) electrons. The minimum absolute atomic E-state index is 0.00263. The maximum atomic E-state index is 12.3. The van der Waals surface area contributed by atoms with E-state index < -0.39 is 10.8 Å². The molecule has 2 atom stereocenters. The largest absolute Gasteiger partial charge is 0.497 e. The first-order valence-corrected chi connectivity index (χ1v) is 9.36. The van der Waals surface area contributed by atoms with Gasteiger partial charge in [0.25, 0.3) is 0 Å². The average Bonchev–Trinajstić information content (AvgIpc) is 2.85. The maximum Gasteiger partial charge on any atom is 0.225 e. The monoisotopic (exact) mass is 342 g/mol. The molecule has 124 valence electrons. The van der Waals surface area contributed by atoms with Crippen LogP contribution in [0, 0.1) is 0 Å². The molecule has 1 aromatic heterocycles. The van der Waals surface area contributed by atoms with Gasteiger partial charge in [0.2, 0.25) is 5.91 Å². The van der Waals surface area contributed by atoms with E-state index >= 15 is 0 Å². The highest BCUT2D eigenvalue weighted by Crippen LogP contribution is 2.36. The number of nitrogens with one attached hydrogen (secondary N) is 2. The van der Waals surface area contributed by atoms with E-state index in [1.165, 1.54) is 0 Å². The Labute approximate surface area is 142 Å². The minimum atomic E-state index is -1.06. The predicted molar refractivity (Wildman–Crippen MR) is 94.0 cm³/mol. The van der Waals surface area contributed by atoms with Crippen LogP contribution in [0.3, 0.4) is 0 Å². The fraction of sp³-hybridized carbons (Fsp3) is 0.278. The lowest BCUT2D eigenvalue weighted by atomic mass is 9.94. The second-order valence-electron chi connectivity index (χ2n) is 6.08.